The van der Waals surface area contributed by atoms with Crippen LogP contribution < -0.4 is 0 Å². The Morgan fingerprint density at radius 2 is 2.07 bits per heavy atom. The number of hydrogen-bond acceptors (Lipinski definition) is 3. The number of benzene rings is 1. The van der Waals surface area contributed by atoms with Crippen molar-refractivity contribution >= 4 is 28.4 Å². The van der Waals surface area contributed by atoms with Gasteiger partial charge in [0.25, 0.3) is 0 Å². The monoisotopic (exact) mass is 417 g/mol. The first kappa shape index (κ1) is 20.7. The van der Waals surface area contributed by atoms with Crippen molar-refractivity contribution < 1.29 is 9.53 Å². The summed E-state index contributed by atoms with van der Waals surface area (Å²) >= 11 is 6.30. The molecule has 2 fully saturated rings. The summed E-state index contributed by atoms with van der Waals surface area (Å²) in [5.74, 6) is 0.730. The maximum absolute atomic E-state index is 13.3. The van der Waals surface area contributed by atoms with Crippen molar-refractivity contribution in [1.82, 2.24) is 14.4 Å². The summed E-state index contributed by atoms with van der Waals surface area (Å²) in [4.78, 5) is 18.0. The number of methoxy groups -OCH3 is 1. The van der Waals surface area contributed by atoms with E-state index in [1.807, 2.05) is 39.9 Å². The third kappa shape index (κ3) is 4.62. The Hall–Kier alpha value is -1.56. The molecule has 2 aliphatic heterocycles. The van der Waals surface area contributed by atoms with Gasteiger partial charge in [-0.15, -0.1) is 0 Å². The first-order chi connectivity index (χ1) is 14.2. The third-order valence-corrected chi connectivity index (χ3v) is 7.00. The van der Waals surface area contributed by atoms with Gasteiger partial charge in [0.2, 0.25) is 5.91 Å². The lowest BCUT2D eigenvalue weighted by atomic mass is 9.83. The van der Waals surface area contributed by atoms with Crippen LogP contribution >= 0.6 is 11.6 Å². The molecule has 158 valence electrons. The number of fused-ring (bicyclic) bond motifs is 2. The number of amides is 1. The lowest BCUT2D eigenvalue weighted by Gasteiger charge is -2.45. The van der Waals surface area contributed by atoms with Crippen molar-refractivity contribution in [2.45, 2.75) is 44.7 Å². The SMILES string of the molecule is COCCN(C[C@@H]1CCCN2CCCC[C@H]12)C(=O)Cn1ccc2c(Cl)cccc21. The molecule has 2 saturated heterocycles. The molecule has 1 aromatic carbocycles. The zero-order valence-electron chi connectivity index (χ0n) is 17.4. The summed E-state index contributed by atoms with van der Waals surface area (Å²) in [6, 6.07) is 8.48. The summed E-state index contributed by atoms with van der Waals surface area (Å²) in [5, 5.41) is 1.72. The lowest BCUT2D eigenvalue weighted by Crippen LogP contribution is -2.52. The number of ether oxygens (including phenoxy) is 1. The molecule has 1 amide bonds. The molecule has 2 atom stereocenters. The quantitative estimate of drug-likeness (QED) is 0.682. The van der Waals surface area contributed by atoms with Crippen LogP contribution in [-0.4, -0.2) is 66.2 Å². The van der Waals surface area contributed by atoms with Gasteiger partial charge in [-0.05, 0) is 62.9 Å². The van der Waals surface area contributed by atoms with Gasteiger partial charge in [0.05, 0.1) is 6.61 Å². The van der Waals surface area contributed by atoms with Crippen LogP contribution in [0.15, 0.2) is 30.5 Å². The molecule has 29 heavy (non-hydrogen) atoms. The molecule has 2 aliphatic rings. The Morgan fingerprint density at radius 3 is 2.93 bits per heavy atom. The highest BCUT2D eigenvalue weighted by molar-refractivity contribution is 6.35. The van der Waals surface area contributed by atoms with Crippen molar-refractivity contribution in [3.63, 3.8) is 0 Å². The maximum atomic E-state index is 13.3. The van der Waals surface area contributed by atoms with Crippen molar-refractivity contribution in [3.05, 3.63) is 35.5 Å². The molecule has 0 unspecified atom stereocenters. The minimum Gasteiger partial charge on any atom is -0.383 e. The molecule has 0 spiro atoms. The number of carbonyl (C=O) groups is 1. The van der Waals surface area contributed by atoms with Gasteiger partial charge in [-0.2, -0.15) is 0 Å². The van der Waals surface area contributed by atoms with E-state index in [-0.39, 0.29) is 5.91 Å². The molecule has 4 rings (SSSR count). The zero-order chi connectivity index (χ0) is 20.2. The van der Waals surface area contributed by atoms with E-state index in [1.165, 1.54) is 45.2 Å². The predicted molar refractivity (Wildman–Crippen MR) is 117 cm³/mol. The Bertz CT molecular complexity index is 835. The van der Waals surface area contributed by atoms with Crippen LogP contribution in [0.2, 0.25) is 5.02 Å². The highest BCUT2D eigenvalue weighted by Crippen LogP contribution is 2.31. The molecule has 2 aromatic rings. The van der Waals surface area contributed by atoms with Gasteiger partial charge >= 0.3 is 0 Å². The number of aromatic nitrogens is 1. The Kier molecular flexibility index (Phi) is 6.78. The van der Waals surface area contributed by atoms with Gasteiger partial charge in [-0.3, -0.25) is 4.79 Å². The van der Waals surface area contributed by atoms with Gasteiger partial charge in [0.15, 0.2) is 0 Å². The average molecular weight is 418 g/mol. The molecule has 1 aromatic heterocycles. The molecular formula is C23H32ClN3O2. The number of rotatable bonds is 7. The fourth-order valence-corrected chi connectivity index (χ4v) is 5.39. The van der Waals surface area contributed by atoms with Gasteiger partial charge in [0.1, 0.15) is 6.54 Å². The smallest absolute Gasteiger partial charge is 0.242 e. The van der Waals surface area contributed by atoms with Crippen LogP contribution in [0.4, 0.5) is 0 Å². The lowest BCUT2D eigenvalue weighted by molar-refractivity contribution is -0.133. The second-order valence-corrected chi connectivity index (χ2v) is 8.86. The topological polar surface area (TPSA) is 37.7 Å². The minimum atomic E-state index is 0.160. The largest absolute Gasteiger partial charge is 0.383 e. The van der Waals surface area contributed by atoms with E-state index in [0.717, 1.165) is 22.5 Å². The van der Waals surface area contributed by atoms with Crippen LogP contribution in [0.25, 0.3) is 10.9 Å². The minimum absolute atomic E-state index is 0.160. The van der Waals surface area contributed by atoms with Gasteiger partial charge < -0.3 is 19.1 Å². The Labute approximate surface area is 178 Å². The molecule has 0 saturated carbocycles. The maximum Gasteiger partial charge on any atom is 0.242 e. The number of carbonyl (C=O) groups excluding carboxylic acids is 1. The van der Waals surface area contributed by atoms with Crippen LogP contribution in [0.5, 0.6) is 0 Å². The van der Waals surface area contributed by atoms with Crippen LogP contribution in [0.1, 0.15) is 32.1 Å². The van der Waals surface area contributed by atoms with E-state index < -0.39 is 0 Å². The van der Waals surface area contributed by atoms with Crippen LogP contribution in [0, 0.1) is 5.92 Å². The van der Waals surface area contributed by atoms with Crippen LogP contribution in [-0.2, 0) is 16.1 Å². The molecule has 0 aliphatic carbocycles. The molecule has 0 radical (unpaired) electrons. The van der Waals surface area contributed by atoms with E-state index >= 15 is 0 Å². The van der Waals surface area contributed by atoms with E-state index in [1.54, 1.807) is 7.11 Å². The summed E-state index contributed by atoms with van der Waals surface area (Å²) in [6.07, 6.45) is 8.34. The van der Waals surface area contributed by atoms with Gasteiger partial charge in [-0.1, -0.05) is 24.1 Å². The van der Waals surface area contributed by atoms with Gasteiger partial charge in [0, 0.05) is 48.4 Å². The number of piperidine rings is 2. The van der Waals surface area contributed by atoms with Crippen molar-refractivity contribution in [2.24, 2.45) is 5.92 Å². The average Bonchev–Trinajstić information content (AvgIpc) is 3.15. The van der Waals surface area contributed by atoms with Crippen molar-refractivity contribution in [2.75, 3.05) is 39.9 Å². The normalized spacial score (nSPS) is 22.6. The number of halogens is 1. The molecule has 5 nitrogen and oxygen atoms in total. The zero-order valence-corrected chi connectivity index (χ0v) is 18.1. The highest BCUT2D eigenvalue weighted by Gasteiger charge is 2.34. The first-order valence-corrected chi connectivity index (χ1v) is 11.3. The van der Waals surface area contributed by atoms with E-state index in [2.05, 4.69) is 4.90 Å². The summed E-state index contributed by atoms with van der Waals surface area (Å²) in [7, 11) is 1.70. The summed E-state index contributed by atoms with van der Waals surface area (Å²) in [6.45, 7) is 4.86. The standard InChI is InChI=1S/C23H32ClN3O2/c1-29-15-14-27(16-18-6-5-12-25-11-3-2-8-21(18)25)23(28)17-26-13-10-19-20(24)7-4-9-22(19)26/h4,7,9-10,13,18,21H,2-3,5-6,8,11-12,14-17H2,1H3/t18-,21+/m0/s1. The fraction of sp³-hybridized carbons (Fsp3) is 0.609. The second-order valence-electron chi connectivity index (χ2n) is 8.45. The Morgan fingerprint density at radius 1 is 1.21 bits per heavy atom. The highest BCUT2D eigenvalue weighted by atomic mass is 35.5. The number of hydrogen-bond donors (Lipinski definition) is 0. The molecular weight excluding hydrogens is 386 g/mol. The predicted octanol–water partition coefficient (Wildman–Crippen LogP) is 4.03. The second kappa shape index (κ2) is 9.50. The molecule has 6 heteroatoms. The number of nitrogens with zero attached hydrogens (tertiary/aromatic N) is 3. The molecule has 0 bridgehead atoms. The van der Waals surface area contributed by atoms with E-state index in [9.17, 15) is 4.79 Å². The molecule has 3 heterocycles. The third-order valence-electron chi connectivity index (χ3n) is 6.67. The Balaban J connectivity index is 1.48. The van der Waals surface area contributed by atoms with Crippen molar-refractivity contribution in [1.29, 1.82) is 0 Å². The van der Waals surface area contributed by atoms with Gasteiger partial charge in [-0.25, -0.2) is 0 Å². The van der Waals surface area contributed by atoms with Crippen molar-refractivity contribution in [3.8, 4) is 0 Å². The summed E-state index contributed by atoms with van der Waals surface area (Å²) in [5.41, 5.74) is 1.01. The van der Waals surface area contributed by atoms with Crippen LogP contribution in [0.3, 0.4) is 0 Å². The van der Waals surface area contributed by atoms with E-state index in [0.29, 0.717) is 31.7 Å². The first-order valence-electron chi connectivity index (χ1n) is 10.9. The van der Waals surface area contributed by atoms with E-state index in [4.69, 9.17) is 16.3 Å². The molecule has 0 N–H and O–H groups in total. The summed E-state index contributed by atoms with van der Waals surface area (Å²) < 4.78 is 7.32. The fourth-order valence-electron chi connectivity index (χ4n) is 5.16.